The molecule has 1 amide bonds. The molecule has 1 heterocycles. The van der Waals surface area contributed by atoms with E-state index in [1.54, 1.807) is 24.3 Å². The van der Waals surface area contributed by atoms with Gasteiger partial charge < -0.3 is 5.32 Å². The zero-order valence-corrected chi connectivity index (χ0v) is 14.8. The number of benzene rings is 2. The molecule has 0 atom stereocenters. The predicted octanol–water partition coefficient (Wildman–Crippen LogP) is 4.81. The fourth-order valence-electron chi connectivity index (χ4n) is 2.27. The number of nitrogens with one attached hydrogen (secondary N) is 1. The molecule has 0 aliphatic rings. The van der Waals surface area contributed by atoms with Crippen LogP contribution in [-0.4, -0.2) is 15.8 Å². The first-order chi connectivity index (χ1) is 12.6. The summed E-state index contributed by atoms with van der Waals surface area (Å²) in [5.41, 5.74) is -1.44. The Hall–Kier alpha value is -2.72. The lowest BCUT2D eigenvalue weighted by Crippen LogP contribution is -2.22. The first-order valence-corrected chi connectivity index (χ1v) is 8.53. The Labute approximate surface area is 158 Å². The number of nitro groups is 1. The van der Waals surface area contributed by atoms with E-state index in [2.05, 4.69) is 10.3 Å². The molecule has 140 valence electrons. The van der Waals surface area contributed by atoms with Gasteiger partial charge in [-0.2, -0.15) is 13.2 Å². The molecule has 1 N–H and O–H groups in total. The summed E-state index contributed by atoms with van der Waals surface area (Å²) in [6, 6.07) is 7.80. The standard InChI is InChI=1S/C16H9ClF3N3O3S/c17-10-3-1-8(2-4-10)7-21-14(24)15-22-11-5-9(16(18,19)20)6-12(23(25)26)13(11)27-15/h1-6H,7H2,(H,21,24). The molecule has 2 aromatic carbocycles. The zero-order valence-electron chi connectivity index (χ0n) is 13.2. The van der Waals surface area contributed by atoms with E-state index >= 15 is 0 Å². The summed E-state index contributed by atoms with van der Waals surface area (Å²) in [6.07, 6.45) is -4.76. The SMILES string of the molecule is O=C(NCc1ccc(Cl)cc1)c1nc2cc(C(F)(F)F)cc([N+](=O)[O-])c2s1. The van der Waals surface area contributed by atoms with Gasteiger partial charge in [-0.05, 0) is 23.8 Å². The molecular weight excluding hydrogens is 407 g/mol. The van der Waals surface area contributed by atoms with Gasteiger partial charge >= 0.3 is 6.18 Å². The van der Waals surface area contributed by atoms with Gasteiger partial charge in [0.2, 0.25) is 0 Å². The third-order valence-electron chi connectivity index (χ3n) is 3.56. The Morgan fingerprint density at radius 2 is 1.93 bits per heavy atom. The van der Waals surface area contributed by atoms with E-state index in [0.29, 0.717) is 28.5 Å². The Morgan fingerprint density at radius 3 is 2.52 bits per heavy atom. The van der Waals surface area contributed by atoms with Gasteiger partial charge in [-0.15, -0.1) is 11.3 Å². The quantitative estimate of drug-likeness (QED) is 0.489. The summed E-state index contributed by atoms with van der Waals surface area (Å²) < 4.78 is 38.7. The molecule has 0 bridgehead atoms. The molecule has 27 heavy (non-hydrogen) atoms. The van der Waals surface area contributed by atoms with E-state index in [0.717, 1.165) is 5.56 Å². The van der Waals surface area contributed by atoms with Crippen LogP contribution in [0.2, 0.25) is 5.02 Å². The average Bonchev–Trinajstić information content (AvgIpc) is 3.03. The molecule has 0 radical (unpaired) electrons. The normalized spacial score (nSPS) is 11.6. The maximum absolute atomic E-state index is 12.9. The lowest BCUT2D eigenvalue weighted by Gasteiger charge is -2.05. The summed E-state index contributed by atoms with van der Waals surface area (Å²) in [7, 11) is 0. The van der Waals surface area contributed by atoms with E-state index in [9.17, 15) is 28.1 Å². The van der Waals surface area contributed by atoms with Crippen LogP contribution >= 0.6 is 22.9 Å². The van der Waals surface area contributed by atoms with Crippen molar-refractivity contribution in [1.82, 2.24) is 10.3 Å². The molecular formula is C16H9ClF3N3O3S. The van der Waals surface area contributed by atoms with Gasteiger partial charge in [-0.1, -0.05) is 23.7 Å². The van der Waals surface area contributed by atoms with Crippen molar-refractivity contribution in [3.8, 4) is 0 Å². The molecule has 0 aliphatic carbocycles. The highest BCUT2D eigenvalue weighted by atomic mass is 35.5. The molecule has 0 aliphatic heterocycles. The number of nitrogens with zero attached hydrogens (tertiary/aromatic N) is 2. The number of halogens is 4. The van der Waals surface area contributed by atoms with Gasteiger partial charge in [0.15, 0.2) is 5.01 Å². The van der Waals surface area contributed by atoms with Gasteiger partial charge in [0.05, 0.1) is 16.0 Å². The highest BCUT2D eigenvalue weighted by Crippen LogP contribution is 2.38. The van der Waals surface area contributed by atoms with Crippen LogP contribution in [0.5, 0.6) is 0 Å². The van der Waals surface area contributed by atoms with Gasteiger partial charge in [-0.25, -0.2) is 4.98 Å². The maximum atomic E-state index is 12.9. The van der Waals surface area contributed by atoms with Crippen LogP contribution in [0, 0.1) is 10.1 Å². The first-order valence-electron chi connectivity index (χ1n) is 7.34. The zero-order chi connectivity index (χ0) is 19.8. The second kappa shape index (κ2) is 7.12. The van der Waals surface area contributed by atoms with Gasteiger partial charge in [0.1, 0.15) is 4.70 Å². The molecule has 6 nitrogen and oxygen atoms in total. The Morgan fingerprint density at radius 1 is 1.26 bits per heavy atom. The van der Waals surface area contributed by atoms with Gasteiger partial charge in [0, 0.05) is 17.6 Å². The van der Waals surface area contributed by atoms with Crippen LogP contribution in [0.15, 0.2) is 36.4 Å². The molecule has 0 spiro atoms. The lowest BCUT2D eigenvalue weighted by molar-refractivity contribution is -0.383. The number of carbonyl (C=O) groups excluding carboxylic acids is 1. The number of aromatic nitrogens is 1. The number of nitro benzene ring substituents is 1. The minimum atomic E-state index is -4.76. The number of hydrogen-bond acceptors (Lipinski definition) is 5. The van der Waals surface area contributed by atoms with E-state index in [1.165, 1.54) is 0 Å². The summed E-state index contributed by atoms with van der Waals surface area (Å²) in [6.45, 7) is 0.141. The number of amides is 1. The largest absolute Gasteiger partial charge is 0.416 e. The molecule has 3 aromatic rings. The van der Waals surface area contributed by atoms with Crippen molar-refractivity contribution in [2.75, 3.05) is 0 Å². The number of non-ortho nitro benzene ring substituents is 1. The Balaban J connectivity index is 1.90. The van der Waals surface area contributed by atoms with Crippen molar-refractivity contribution in [3.05, 3.63) is 67.7 Å². The Bertz CT molecular complexity index is 1040. The topological polar surface area (TPSA) is 85.1 Å². The van der Waals surface area contributed by atoms with E-state index in [-0.39, 0.29) is 21.8 Å². The minimum Gasteiger partial charge on any atom is -0.346 e. The molecule has 0 fully saturated rings. The molecule has 0 saturated carbocycles. The number of carbonyl (C=O) groups is 1. The van der Waals surface area contributed by atoms with E-state index in [4.69, 9.17) is 11.6 Å². The van der Waals surface area contributed by atoms with Crippen LogP contribution in [0.1, 0.15) is 20.9 Å². The molecule has 0 saturated heterocycles. The maximum Gasteiger partial charge on any atom is 0.416 e. The van der Waals surface area contributed by atoms with Crippen LogP contribution in [0.3, 0.4) is 0 Å². The highest BCUT2D eigenvalue weighted by molar-refractivity contribution is 7.20. The third-order valence-corrected chi connectivity index (χ3v) is 4.90. The van der Waals surface area contributed by atoms with Crippen LogP contribution < -0.4 is 5.32 Å². The second-order valence-electron chi connectivity index (χ2n) is 5.43. The van der Waals surface area contributed by atoms with Crippen molar-refractivity contribution >= 4 is 44.7 Å². The lowest BCUT2D eigenvalue weighted by atomic mass is 10.2. The smallest absolute Gasteiger partial charge is 0.346 e. The molecule has 0 unspecified atom stereocenters. The van der Waals surface area contributed by atoms with Gasteiger partial charge in [-0.3, -0.25) is 14.9 Å². The van der Waals surface area contributed by atoms with E-state index < -0.39 is 28.3 Å². The Kier molecular flexibility index (Phi) is 5.03. The molecule has 1 aromatic heterocycles. The summed E-state index contributed by atoms with van der Waals surface area (Å²) >= 11 is 6.43. The molecule has 3 rings (SSSR count). The van der Waals surface area contributed by atoms with Gasteiger partial charge in [0.25, 0.3) is 11.6 Å². The number of hydrogen-bond donors (Lipinski definition) is 1. The van der Waals surface area contributed by atoms with Crippen LogP contribution in [0.4, 0.5) is 18.9 Å². The van der Waals surface area contributed by atoms with E-state index in [1.807, 2.05) is 0 Å². The second-order valence-corrected chi connectivity index (χ2v) is 6.86. The summed E-state index contributed by atoms with van der Waals surface area (Å²) in [4.78, 5) is 26.3. The first kappa shape index (κ1) is 19.1. The number of rotatable bonds is 4. The van der Waals surface area contributed by atoms with Crippen molar-refractivity contribution in [2.45, 2.75) is 12.7 Å². The molecule has 11 heteroatoms. The number of alkyl halides is 3. The minimum absolute atomic E-state index is 0.0929. The fourth-order valence-corrected chi connectivity index (χ4v) is 3.35. The number of thiazole rings is 1. The van der Waals surface area contributed by atoms with Crippen molar-refractivity contribution in [2.24, 2.45) is 0 Å². The van der Waals surface area contributed by atoms with Crippen molar-refractivity contribution in [3.63, 3.8) is 0 Å². The van der Waals surface area contributed by atoms with Crippen molar-refractivity contribution < 1.29 is 22.9 Å². The summed E-state index contributed by atoms with van der Waals surface area (Å²) in [5, 5.41) is 14.0. The predicted molar refractivity (Wildman–Crippen MR) is 93.9 cm³/mol. The monoisotopic (exact) mass is 415 g/mol. The van der Waals surface area contributed by atoms with Crippen LogP contribution in [-0.2, 0) is 12.7 Å². The van der Waals surface area contributed by atoms with Crippen molar-refractivity contribution in [1.29, 1.82) is 0 Å². The average molecular weight is 416 g/mol. The number of fused-ring (bicyclic) bond motifs is 1. The third kappa shape index (κ3) is 4.17. The fraction of sp³-hybridized carbons (Fsp3) is 0.125. The summed E-state index contributed by atoms with van der Waals surface area (Å²) in [5.74, 6) is -0.644. The van der Waals surface area contributed by atoms with Crippen LogP contribution in [0.25, 0.3) is 10.2 Å². The highest BCUT2D eigenvalue weighted by Gasteiger charge is 2.34.